The molecule has 0 aromatic heterocycles. The summed E-state index contributed by atoms with van der Waals surface area (Å²) in [4.78, 5) is 0. The van der Waals surface area contributed by atoms with Gasteiger partial charge in [0.15, 0.2) is 6.29 Å². The van der Waals surface area contributed by atoms with Gasteiger partial charge in [-0.15, -0.1) is 0 Å². The third-order valence-corrected chi connectivity index (χ3v) is 3.29. The molecule has 0 amide bonds. The summed E-state index contributed by atoms with van der Waals surface area (Å²) in [7, 11) is 3.16. The van der Waals surface area contributed by atoms with Crippen LogP contribution in [0.15, 0.2) is 48.5 Å². The van der Waals surface area contributed by atoms with Gasteiger partial charge in [0.25, 0.3) is 0 Å². The zero-order valence-electron chi connectivity index (χ0n) is 12.8. The molecule has 0 saturated carbocycles. The van der Waals surface area contributed by atoms with Gasteiger partial charge in [-0.05, 0) is 55.5 Å². The highest BCUT2D eigenvalue weighted by atomic mass is 35.5. The molecule has 0 spiro atoms. The topological polar surface area (TPSA) is 36.9 Å². The molecule has 4 nitrogen and oxygen atoms in total. The number of hydrogen-bond donors (Lipinski definition) is 0. The van der Waals surface area contributed by atoms with E-state index in [9.17, 15) is 0 Å². The summed E-state index contributed by atoms with van der Waals surface area (Å²) in [5, 5.41) is 0.677. The minimum absolute atomic E-state index is 0.224. The molecule has 22 heavy (non-hydrogen) atoms. The molecule has 118 valence electrons. The van der Waals surface area contributed by atoms with Crippen molar-refractivity contribution in [2.24, 2.45) is 0 Å². The molecule has 0 N–H and O–H groups in total. The molecule has 2 aromatic rings. The molecule has 2 rings (SSSR count). The van der Waals surface area contributed by atoms with E-state index in [1.807, 2.05) is 43.3 Å². The lowest BCUT2D eigenvalue weighted by Crippen LogP contribution is -2.32. The Bertz CT molecular complexity index is 564. The highest BCUT2D eigenvalue weighted by molar-refractivity contribution is 6.30. The minimum atomic E-state index is -0.412. The first-order valence-electron chi connectivity index (χ1n) is 6.88. The van der Waals surface area contributed by atoms with E-state index in [4.69, 9.17) is 30.5 Å². The molecule has 2 aromatic carbocycles. The van der Waals surface area contributed by atoms with Gasteiger partial charge in [0.05, 0.1) is 0 Å². The first kappa shape index (κ1) is 16.6. The second-order valence-electron chi connectivity index (χ2n) is 4.69. The largest absolute Gasteiger partial charge is 0.485 e. The maximum atomic E-state index is 5.84. The first-order valence-corrected chi connectivity index (χ1v) is 7.26. The van der Waals surface area contributed by atoms with Crippen LogP contribution in [0, 0.1) is 0 Å². The van der Waals surface area contributed by atoms with Gasteiger partial charge >= 0.3 is 0 Å². The Morgan fingerprint density at radius 2 is 1.23 bits per heavy atom. The van der Waals surface area contributed by atoms with E-state index in [-0.39, 0.29) is 6.10 Å². The molecule has 0 bridgehead atoms. The normalized spacial score (nSPS) is 12.2. The van der Waals surface area contributed by atoms with Gasteiger partial charge in [-0.25, -0.2) is 0 Å². The minimum Gasteiger partial charge on any atom is -0.485 e. The van der Waals surface area contributed by atoms with Crippen molar-refractivity contribution in [3.8, 4) is 17.2 Å². The van der Waals surface area contributed by atoms with Gasteiger partial charge in [-0.2, -0.15) is 0 Å². The van der Waals surface area contributed by atoms with Crippen molar-refractivity contribution in [2.45, 2.75) is 19.3 Å². The Hall–Kier alpha value is -1.75. The average Bonchev–Trinajstić information content (AvgIpc) is 2.53. The molecular formula is C17H19ClO4. The Kier molecular flexibility index (Phi) is 6.07. The zero-order chi connectivity index (χ0) is 15.9. The molecule has 0 aliphatic heterocycles. The summed E-state index contributed by atoms with van der Waals surface area (Å²) in [6, 6.07) is 14.6. The number of methoxy groups -OCH3 is 2. The number of hydrogen-bond acceptors (Lipinski definition) is 4. The lowest BCUT2D eigenvalue weighted by Gasteiger charge is -2.22. The quantitative estimate of drug-likeness (QED) is 0.702. The summed E-state index contributed by atoms with van der Waals surface area (Å²) < 4.78 is 21.8. The van der Waals surface area contributed by atoms with E-state index in [1.165, 1.54) is 0 Å². The van der Waals surface area contributed by atoms with Gasteiger partial charge < -0.3 is 18.9 Å². The van der Waals surface area contributed by atoms with Crippen LogP contribution in [0.2, 0.25) is 5.02 Å². The standard InChI is InChI=1S/C17H19ClO4/c1-12(17(19-2)20-3)21-14-8-10-16(11-9-14)22-15-6-4-13(18)5-7-15/h4-12,17H,1-3H3. The van der Waals surface area contributed by atoms with Crippen LogP contribution in [0.25, 0.3) is 0 Å². The molecular weight excluding hydrogens is 304 g/mol. The van der Waals surface area contributed by atoms with Crippen LogP contribution in [0.1, 0.15) is 6.92 Å². The van der Waals surface area contributed by atoms with Gasteiger partial charge in [-0.1, -0.05) is 11.6 Å². The van der Waals surface area contributed by atoms with Crippen molar-refractivity contribution in [3.05, 3.63) is 53.6 Å². The number of rotatable bonds is 7. The highest BCUT2D eigenvalue weighted by Gasteiger charge is 2.17. The number of benzene rings is 2. The van der Waals surface area contributed by atoms with Crippen LogP contribution in [0.3, 0.4) is 0 Å². The van der Waals surface area contributed by atoms with E-state index in [1.54, 1.807) is 26.4 Å². The second-order valence-corrected chi connectivity index (χ2v) is 5.13. The molecule has 0 radical (unpaired) electrons. The van der Waals surface area contributed by atoms with Crippen LogP contribution in [0.4, 0.5) is 0 Å². The summed E-state index contributed by atoms with van der Waals surface area (Å²) in [5.41, 5.74) is 0. The van der Waals surface area contributed by atoms with Crippen molar-refractivity contribution in [1.82, 2.24) is 0 Å². The summed E-state index contributed by atoms with van der Waals surface area (Å²) >= 11 is 5.84. The molecule has 5 heteroatoms. The van der Waals surface area contributed by atoms with Crippen molar-refractivity contribution in [2.75, 3.05) is 14.2 Å². The molecule has 0 fully saturated rings. The van der Waals surface area contributed by atoms with Gasteiger partial charge in [-0.3, -0.25) is 0 Å². The monoisotopic (exact) mass is 322 g/mol. The van der Waals surface area contributed by atoms with Crippen molar-refractivity contribution in [1.29, 1.82) is 0 Å². The summed E-state index contributed by atoms with van der Waals surface area (Å²) in [6.07, 6.45) is -0.636. The lowest BCUT2D eigenvalue weighted by atomic mass is 10.3. The molecule has 1 unspecified atom stereocenters. The molecule has 0 aliphatic carbocycles. The second kappa shape index (κ2) is 8.03. The predicted molar refractivity (Wildman–Crippen MR) is 85.9 cm³/mol. The van der Waals surface area contributed by atoms with Crippen molar-refractivity contribution in [3.63, 3.8) is 0 Å². The fourth-order valence-electron chi connectivity index (χ4n) is 1.97. The van der Waals surface area contributed by atoms with E-state index >= 15 is 0 Å². The molecule has 0 saturated heterocycles. The maximum Gasteiger partial charge on any atom is 0.193 e. The van der Waals surface area contributed by atoms with Crippen LogP contribution < -0.4 is 9.47 Å². The fraction of sp³-hybridized carbons (Fsp3) is 0.294. The fourth-order valence-corrected chi connectivity index (χ4v) is 2.10. The lowest BCUT2D eigenvalue weighted by molar-refractivity contribution is -0.151. The Morgan fingerprint density at radius 3 is 1.73 bits per heavy atom. The average molecular weight is 323 g/mol. The third kappa shape index (κ3) is 4.63. The summed E-state index contributed by atoms with van der Waals surface area (Å²) in [6.45, 7) is 1.88. The van der Waals surface area contributed by atoms with Gasteiger partial charge in [0, 0.05) is 19.2 Å². The number of halogens is 1. The van der Waals surface area contributed by atoms with Gasteiger partial charge in [0.1, 0.15) is 23.4 Å². The van der Waals surface area contributed by atoms with E-state index in [0.29, 0.717) is 5.02 Å². The summed E-state index contributed by atoms with van der Waals surface area (Å²) in [5.74, 6) is 2.16. The SMILES string of the molecule is COC(OC)C(C)Oc1ccc(Oc2ccc(Cl)cc2)cc1. The first-order chi connectivity index (χ1) is 10.6. The number of ether oxygens (including phenoxy) is 4. The molecule has 0 heterocycles. The van der Waals surface area contributed by atoms with Crippen LogP contribution in [-0.2, 0) is 9.47 Å². The van der Waals surface area contributed by atoms with Crippen molar-refractivity contribution >= 4 is 11.6 Å². The van der Waals surface area contributed by atoms with E-state index in [0.717, 1.165) is 17.2 Å². The third-order valence-electron chi connectivity index (χ3n) is 3.04. The van der Waals surface area contributed by atoms with Crippen LogP contribution in [-0.4, -0.2) is 26.6 Å². The van der Waals surface area contributed by atoms with Crippen LogP contribution in [0.5, 0.6) is 17.2 Å². The Labute approximate surface area is 135 Å². The Morgan fingerprint density at radius 1 is 0.773 bits per heavy atom. The molecule has 0 aliphatic rings. The van der Waals surface area contributed by atoms with Crippen LogP contribution >= 0.6 is 11.6 Å². The van der Waals surface area contributed by atoms with E-state index < -0.39 is 6.29 Å². The maximum absolute atomic E-state index is 5.84. The van der Waals surface area contributed by atoms with E-state index in [2.05, 4.69) is 0 Å². The molecule has 1 atom stereocenters. The zero-order valence-corrected chi connectivity index (χ0v) is 13.5. The van der Waals surface area contributed by atoms with Gasteiger partial charge in [0.2, 0.25) is 0 Å². The Balaban J connectivity index is 1.96. The smallest absolute Gasteiger partial charge is 0.193 e. The van der Waals surface area contributed by atoms with Crippen molar-refractivity contribution < 1.29 is 18.9 Å². The predicted octanol–water partition coefficient (Wildman–Crippen LogP) is 4.52. The highest BCUT2D eigenvalue weighted by Crippen LogP contribution is 2.25.